The topological polar surface area (TPSA) is 46.2 Å². The third kappa shape index (κ3) is 2.33. The summed E-state index contributed by atoms with van der Waals surface area (Å²) in [6, 6.07) is 7.01. The normalized spacial score (nSPS) is 14.9. The standard InChI is InChI=1S/C11H15NO/c1-3-7-11(2,12)9-5-4-6-10(13)8-9/h3-6,8,13H,1,7,12H2,2H3. The highest BCUT2D eigenvalue weighted by atomic mass is 16.3. The zero-order chi connectivity index (χ0) is 9.90. The maximum Gasteiger partial charge on any atom is 0.115 e. The quantitative estimate of drug-likeness (QED) is 0.695. The summed E-state index contributed by atoms with van der Waals surface area (Å²) < 4.78 is 0. The molecule has 1 unspecified atom stereocenters. The number of phenolic OH excluding ortho intramolecular Hbond substituents is 1. The van der Waals surface area contributed by atoms with E-state index >= 15 is 0 Å². The van der Waals surface area contributed by atoms with E-state index in [9.17, 15) is 5.11 Å². The van der Waals surface area contributed by atoms with Crippen molar-refractivity contribution in [2.24, 2.45) is 5.73 Å². The first-order valence-corrected chi connectivity index (χ1v) is 4.25. The van der Waals surface area contributed by atoms with E-state index in [0.717, 1.165) is 5.56 Å². The minimum Gasteiger partial charge on any atom is -0.508 e. The number of nitrogens with two attached hydrogens (primary N) is 1. The SMILES string of the molecule is C=CCC(C)(N)c1cccc(O)c1. The number of phenols is 1. The van der Waals surface area contributed by atoms with E-state index in [1.165, 1.54) is 0 Å². The summed E-state index contributed by atoms with van der Waals surface area (Å²) in [6.45, 7) is 5.57. The van der Waals surface area contributed by atoms with Gasteiger partial charge in [0.05, 0.1) is 0 Å². The van der Waals surface area contributed by atoms with E-state index in [2.05, 4.69) is 6.58 Å². The molecule has 0 fully saturated rings. The van der Waals surface area contributed by atoms with Crippen LogP contribution < -0.4 is 5.73 Å². The third-order valence-corrected chi connectivity index (χ3v) is 2.07. The minimum absolute atomic E-state index is 0.248. The number of hydrogen-bond donors (Lipinski definition) is 2. The molecule has 3 N–H and O–H groups in total. The molecular weight excluding hydrogens is 162 g/mol. The molecule has 0 saturated heterocycles. The Morgan fingerprint density at radius 3 is 2.85 bits per heavy atom. The van der Waals surface area contributed by atoms with E-state index < -0.39 is 5.54 Å². The maximum atomic E-state index is 9.26. The molecule has 1 aromatic rings. The first-order valence-electron chi connectivity index (χ1n) is 4.25. The van der Waals surface area contributed by atoms with Crippen LogP contribution in [0.15, 0.2) is 36.9 Å². The highest BCUT2D eigenvalue weighted by molar-refractivity contribution is 5.32. The second-order valence-corrected chi connectivity index (χ2v) is 3.46. The molecule has 2 heteroatoms. The summed E-state index contributed by atoms with van der Waals surface area (Å²) in [7, 11) is 0. The Bertz CT molecular complexity index is 305. The maximum absolute atomic E-state index is 9.26. The largest absolute Gasteiger partial charge is 0.508 e. The van der Waals surface area contributed by atoms with Crippen LogP contribution in [0, 0.1) is 0 Å². The van der Waals surface area contributed by atoms with Gasteiger partial charge in [-0.2, -0.15) is 0 Å². The lowest BCUT2D eigenvalue weighted by molar-refractivity contribution is 0.463. The fourth-order valence-corrected chi connectivity index (χ4v) is 1.28. The predicted octanol–water partition coefficient (Wildman–Crippen LogP) is 2.14. The van der Waals surface area contributed by atoms with Crippen LogP contribution in [-0.4, -0.2) is 5.11 Å². The predicted molar refractivity (Wildman–Crippen MR) is 54.5 cm³/mol. The fraction of sp³-hybridized carbons (Fsp3) is 0.273. The minimum atomic E-state index is -0.444. The van der Waals surface area contributed by atoms with Crippen molar-refractivity contribution in [2.45, 2.75) is 18.9 Å². The fourth-order valence-electron chi connectivity index (χ4n) is 1.28. The molecular formula is C11H15NO. The van der Waals surface area contributed by atoms with Gasteiger partial charge in [0, 0.05) is 5.54 Å². The molecule has 0 radical (unpaired) electrons. The van der Waals surface area contributed by atoms with Crippen LogP contribution in [-0.2, 0) is 5.54 Å². The Balaban J connectivity index is 2.99. The molecule has 0 bridgehead atoms. The van der Waals surface area contributed by atoms with Crippen LogP contribution in [0.2, 0.25) is 0 Å². The van der Waals surface area contributed by atoms with Crippen molar-refractivity contribution in [1.29, 1.82) is 0 Å². The Labute approximate surface area is 78.7 Å². The van der Waals surface area contributed by atoms with Gasteiger partial charge in [-0.25, -0.2) is 0 Å². The van der Waals surface area contributed by atoms with Crippen molar-refractivity contribution in [2.75, 3.05) is 0 Å². The lowest BCUT2D eigenvalue weighted by atomic mass is 9.90. The second-order valence-electron chi connectivity index (χ2n) is 3.46. The van der Waals surface area contributed by atoms with Crippen molar-refractivity contribution in [3.63, 3.8) is 0 Å². The summed E-state index contributed by atoms with van der Waals surface area (Å²) in [6.07, 6.45) is 2.47. The molecule has 0 spiro atoms. The van der Waals surface area contributed by atoms with Gasteiger partial charge < -0.3 is 10.8 Å². The van der Waals surface area contributed by atoms with Gasteiger partial charge in [-0.05, 0) is 31.0 Å². The van der Waals surface area contributed by atoms with Gasteiger partial charge in [0.1, 0.15) is 5.75 Å². The van der Waals surface area contributed by atoms with Gasteiger partial charge >= 0.3 is 0 Å². The molecule has 2 nitrogen and oxygen atoms in total. The van der Waals surface area contributed by atoms with Crippen LogP contribution in [0.3, 0.4) is 0 Å². The Morgan fingerprint density at radius 1 is 1.62 bits per heavy atom. The Morgan fingerprint density at radius 2 is 2.31 bits per heavy atom. The number of aromatic hydroxyl groups is 1. The lowest BCUT2D eigenvalue weighted by Gasteiger charge is -2.23. The Kier molecular flexibility index (Phi) is 2.73. The van der Waals surface area contributed by atoms with Gasteiger partial charge in [0.25, 0.3) is 0 Å². The molecule has 0 aromatic heterocycles. The number of benzene rings is 1. The summed E-state index contributed by atoms with van der Waals surface area (Å²) in [5, 5.41) is 9.26. The molecule has 0 amide bonds. The molecule has 0 aliphatic rings. The van der Waals surface area contributed by atoms with E-state index in [1.54, 1.807) is 24.3 Å². The Hall–Kier alpha value is -1.28. The van der Waals surface area contributed by atoms with Crippen molar-refractivity contribution >= 4 is 0 Å². The van der Waals surface area contributed by atoms with Crippen LogP contribution in [0.1, 0.15) is 18.9 Å². The number of rotatable bonds is 3. The molecule has 0 heterocycles. The van der Waals surface area contributed by atoms with E-state index in [0.29, 0.717) is 6.42 Å². The molecule has 1 rings (SSSR count). The lowest BCUT2D eigenvalue weighted by Crippen LogP contribution is -2.32. The highest BCUT2D eigenvalue weighted by Gasteiger charge is 2.19. The molecule has 0 saturated carbocycles. The molecule has 0 aliphatic heterocycles. The average Bonchev–Trinajstić information content (AvgIpc) is 2.04. The van der Waals surface area contributed by atoms with E-state index in [4.69, 9.17) is 5.73 Å². The van der Waals surface area contributed by atoms with Crippen LogP contribution in [0.25, 0.3) is 0 Å². The summed E-state index contributed by atoms with van der Waals surface area (Å²) in [4.78, 5) is 0. The van der Waals surface area contributed by atoms with E-state index in [1.807, 2.05) is 13.0 Å². The van der Waals surface area contributed by atoms with Crippen LogP contribution in [0.5, 0.6) is 5.75 Å². The van der Waals surface area contributed by atoms with Gasteiger partial charge in [0.2, 0.25) is 0 Å². The van der Waals surface area contributed by atoms with Crippen molar-refractivity contribution in [3.8, 4) is 5.75 Å². The smallest absolute Gasteiger partial charge is 0.115 e. The molecule has 70 valence electrons. The first-order chi connectivity index (χ1) is 6.06. The van der Waals surface area contributed by atoms with Gasteiger partial charge in [-0.15, -0.1) is 6.58 Å². The monoisotopic (exact) mass is 177 g/mol. The van der Waals surface area contributed by atoms with Gasteiger partial charge in [-0.1, -0.05) is 18.2 Å². The third-order valence-electron chi connectivity index (χ3n) is 2.07. The zero-order valence-electron chi connectivity index (χ0n) is 7.83. The summed E-state index contributed by atoms with van der Waals surface area (Å²) in [5.41, 5.74) is 6.51. The summed E-state index contributed by atoms with van der Waals surface area (Å²) in [5.74, 6) is 0.248. The van der Waals surface area contributed by atoms with Crippen molar-refractivity contribution in [3.05, 3.63) is 42.5 Å². The van der Waals surface area contributed by atoms with Crippen LogP contribution >= 0.6 is 0 Å². The highest BCUT2D eigenvalue weighted by Crippen LogP contribution is 2.24. The first kappa shape index (κ1) is 9.81. The van der Waals surface area contributed by atoms with Gasteiger partial charge in [-0.3, -0.25) is 0 Å². The van der Waals surface area contributed by atoms with Gasteiger partial charge in [0.15, 0.2) is 0 Å². The number of hydrogen-bond acceptors (Lipinski definition) is 2. The van der Waals surface area contributed by atoms with E-state index in [-0.39, 0.29) is 5.75 Å². The average molecular weight is 177 g/mol. The molecule has 1 aromatic carbocycles. The molecule has 1 atom stereocenters. The molecule has 0 aliphatic carbocycles. The van der Waals surface area contributed by atoms with Crippen molar-refractivity contribution in [1.82, 2.24) is 0 Å². The second kappa shape index (κ2) is 3.62. The van der Waals surface area contributed by atoms with Crippen LogP contribution in [0.4, 0.5) is 0 Å². The molecule has 13 heavy (non-hydrogen) atoms. The zero-order valence-corrected chi connectivity index (χ0v) is 7.83. The van der Waals surface area contributed by atoms with Crippen molar-refractivity contribution < 1.29 is 5.11 Å². The summed E-state index contributed by atoms with van der Waals surface area (Å²) >= 11 is 0.